The third-order valence-corrected chi connectivity index (χ3v) is 3.25. The van der Waals surface area contributed by atoms with Crippen LogP contribution in [0.2, 0.25) is 0 Å². The molecule has 0 radical (unpaired) electrons. The molecule has 0 fully saturated rings. The van der Waals surface area contributed by atoms with Gasteiger partial charge in [-0.1, -0.05) is 6.92 Å². The number of rotatable bonds is 3. The fourth-order valence-electron chi connectivity index (χ4n) is 2.29. The second-order valence-electron chi connectivity index (χ2n) is 4.70. The summed E-state index contributed by atoms with van der Waals surface area (Å²) in [6, 6.07) is 0. The Balaban J connectivity index is 2.35. The molecule has 0 aliphatic heterocycles. The Hall–Kier alpha value is -1.16. The van der Waals surface area contributed by atoms with Gasteiger partial charge in [-0.25, -0.2) is 4.79 Å². The zero-order valence-corrected chi connectivity index (χ0v) is 9.75. The molecule has 1 atom stereocenters. The maximum Gasteiger partial charge on any atom is 0.345 e. The molecule has 0 amide bonds. The lowest BCUT2D eigenvalue weighted by molar-refractivity contribution is 0.565. The summed E-state index contributed by atoms with van der Waals surface area (Å²) in [5, 5.41) is 0. The standard InChI is InChI=1S/C12H19N3O/c1-8(7-13)6-11-9-4-2-3-5-10(9)14-12(16)15-11/h8H,2-7,13H2,1H3,(H,14,15,16). The van der Waals surface area contributed by atoms with Gasteiger partial charge in [0.25, 0.3) is 0 Å². The lowest BCUT2D eigenvalue weighted by atomic mass is 9.91. The molecule has 88 valence electrons. The Morgan fingerprint density at radius 1 is 1.44 bits per heavy atom. The Labute approximate surface area is 95.3 Å². The van der Waals surface area contributed by atoms with E-state index < -0.39 is 0 Å². The van der Waals surface area contributed by atoms with Crippen molar-refractivity contribution in [2.45, 2.75) is 39.0 Å². The molecule has 0 bridgehead atoms. The summed E-state index contributed by atoms with van der Waals surface area (Å²) in [4.78, 5) is 18.4. The smallest absolute Gasteiger partial charge is 0.330 e. The highest BCUT2D eigenvalue weighted by atomic mass is 16.1. The van der Waals surface area contributed by atoms with Gasteiger partial charge in [0, 0.05) is 5.69 Å². The van der Waals surface area contributed by atoms with E-state index >= 15 is 0 Å². The molecule has 2 rings (SSSR count). The molecule has 1 heterocycles. The topological polar surface area (TPSA) is 71.8 Å². The highest BCUT2D eigenvalue weighted by Crippen LogP contribution is 2.21. The number of aromatic nitrogens is 2. The summed E-state index contributed by atoms with van der Waals surface area (Å²) in [5.74, 6) is 0.389. The minimum Gasteiger partial charge on any atom is -0.330 e. The van der Waals surface area contributed by atoms with Gasteiger partial charge in [0.2, 0.25) is 0 Å². The summed E-state index contributed by atoms with van der Waals surface area (Å²) in [7, 11) is 0. The molecule has 0 saturated heterocycles. The first-order valence-electron chi connectivity index (χ1n) is 6.01. The third-order valence-electron chi connectivity index (χ3n) is 3.25. The van der Waals surface area contributed by atoms with Crippen LogP contribution in [0.1, 0.15) is 36.7 Å². The Morgan fingerprint density at radius 2 is 2.19 bits per heavy atom. The molecule has 1 aromatic heterocycles. The van der Waals surface area contributed by atoms with Crippen LogP contribution >= 0.6 is 0 Å². The molecule has 4 heteroatoms. The van der Waals surface area contributed by atoms with Gasteiger partial charge >= 0.3 is 5.69 Å². The quantitative estimate of drug-likeness (QED) is 0.792. The van der Waals surface area contributed by atoms with E-state index in [2.05, 4.69) is 16.9 Å². The van der Waals surface area contributed by atoms with Crippen molar-refractivity contribution in [3.05, 3.63) is 27.4 Å². The molecule has 1 aliphatic carbocycles. The first-order chi connectivity index (χ1) is 7.70. The number of aromatic amines is 1. The molecule has 1 aliphatic rings. The molecular weight excluding hydrogens is 202 g/mol. The van der Waals surface area contributed by atoms with Crippen LogP contribution in [0, 0.1) is 5.92 Å². The van der Waals surface area contributed by atoms with Crippen molar-refractivity contribution in [2.75, 3.05) is 6.54 Å². The van der Waals surface area contributed by atoms with Crippen LogP contribution in [-0.2, 0) is 19.3 Å². The maximum absolute atomic E-state index is 11.4. The summed E-state index contributed by atoms with van der Waals surface area (Å²) in [5.41, 5.74) is 8.75. The molecule has 3 N–H and O–H groups in total. The average molecular weight is 221 g/mol. The minimum atomic E-state index is -0.208. The minimum absolute atomic E-state index is 0.208. The van der Waals surface area contributed by atoms with Crippen LogP contribution in [0.3, 0.4) is 0 Å². The van der Waals surface area contributed by atoms with E-state index in [1.807, 2.05) is 0 Å². The van der Waals surface area contributed by atoms with Gasteiger partial charge in [0.1, 0.15) is 0 Å². The van der Waals surface area contributed by atoms with Gasteiger partial charge in [-0.15, -0.1) is 0 Å². The van der Waals surface area contributed by atoms with Crippen molar-refractivity contribution in [1.29, 1.82) is 0 Å². The Kier molecular flexibility index (Phi) is 3.39. The first-order valence-corrected chi connectivity index (χ1v) is 6.01. The van der Waals surface area contributed by atoms with Gasteiger partial charge in [0.15, 0.2) is 0 Å². The molecular formula is C12H19N3O. The van der Waals surface area contributed by atoms with Gasteiger partial charge < -0.3 is 10.7 Å². The zero-order chi connectivity index (χ0) is 11.5. The number of hydrogen-bond donors (Lipinski definition) is 2. The van der Waals surface area contributed by atoms with Crippen molar-refractivity contribution in [1.82, 2.24) is 9.97 Å². The highest BCUT2D eigenvalue weighted by molar-refractivity contribution is 5.27. The maximum atomic E-state index is 11.4. The number of hydrogen-bond acceptors (Lipinski definition) is 3. The monoisotopic (exact) mass is 221 g/mol. The van der Waals surface area contributed by atoms with Crippen LogP contribution < -0.4 is 11.4 Å². The fourth-order valence-corrected chi connectivity index (χ4v) is 2.29. The molecule has 1 unspecified atom stereocenters. The number of nitrogens with one attached hydrogen (secondary N) is 1. The van der Waals surface area contributed by atoms with Gasteiger partial charge in [-0.05, 0) is 50.1 Å². The lowest BCUT2D eigenvalue weighted by Crippen LogP contribution is -2.24. The van der Waals surface area contributed by atoms with E-state index in [-0.39, 0.29) is 5.69 Å². The van der Waals surface area contributed by atoms with Crippen LogP contribution in [-0.4, -0.2) is 16.5 Å². The molecule has 0 saturated carbocycles. The number of nitrogens with two attached hydrogens (primary N) is 1. The number of aryl methyl sites for hydroxylation is 1. The Bertz CT molecular complexity index is 425. The summed E-state index contributed by atoms with van der Waals surface area (Å²) >= 11 is 0. The molecule has 0 spiro atoms. The van der Waals surface area contributed by atoms with Crippen molar-refractivity contribution in [3.63, 3.8) is 0 Å². The van der Waals surface area contributed by atoms with Crippen molar-refractivity contribution in [2.24, 2.45) is 11.7 Å². The fraction of sp³-hybridized carbons (Fsp3) is 0.667. The largest absolute Gasteiger partial charge is 0.345 e. The van der Waals surface area contributed by atoms with Crippen molar-refractivity contribution in [3.8, 4) is 0 Å². The third kappa shape index (κ3) is 2.32. The summed E-state index contributed by atoms with van der Waals surface area (Å²) < 4.78 is 0. The first kappa shape index (κ1) is 11.3. The summed E-state index contributed by atoms with van der Waals surface area (Å²) in [6.07, 6.45) is 5.22. The predicted molar refractivity (Wildman–Crippen MR) is 63.4 cm³/mol. The lowest BCUT2D eigenvalue weighted by Gasteiger charge is -2.19. The van der Waals surface area contributed by atoms with Gasteiger partial charge in [-0.2, -0.15) is 4.98 Å². The SMILES string of the molecule is CC(CN)Cc1nc(=O)[nH]c2c1CCCC2. The van der Waals surface area contributed by atoms with Crippen LogP contribution in [0.5, 0.6) is 0 Å². The van der Waals surface area contributed by atoms with E-state index in [1.165, 1.54) is 18.4 Å². The van der Waals surface area contributed by atoms with E-state index in [0.29, 0.717) is 12.5 Å². The van der Waals surface area contributed by atoms with Crippen LogP contribution in [0.15, 0.2) is 4.79 Å². The second kappa shape index (κ2) is 4.78. The average Bonchev–Trinajstić information content (AvgIpc) is 2.28. The van der Waals surface area contributed by atoms with Crippen LogP contribution in [0.4, 0.5) is 0 Å². The van der Waals surface area contributed by atoms with E-state index in [9.17, 15) is 4.79 Å². The van der Waals surface area contributed by atoms with Crippen molar-refractivity contribution >= 4 is 0 Å². The molecule has 1 aromatic rings. The zero-order valence-electron chi connectivity index (χ0n) is 9.75. The van der Waals surface area contributed by atoms with Gasteiger partial charge in [0.05, 0.1) is 5.69 Å². The Morgan fingerprint density at radius 3 is 2.94 bits per heavy atom. The van der Waals surface area contributed by atoms with E-state index in [1.54, 1.807) is 0 Å². The van der Waals surface area contributed by atoms with E-state index in [4.69, 9.17) is 5.73 Å². The van der Waals surface area contributed by atoms with E-state index in [0.717, 1.165) is 30.7 Å². The normalized spacial score (nSPS) is 16.9. The number of H-pyrrole nitrogens is 1. The van der Waals surface area contributed by atoms with Gasteiger partial charge in [-0.3, -0.25) is 0 Å². The van der Waals surface area contributed by atoms with Crippen molar-refractivity contribution < 1.29 is 0 Å². The molecule has 16 heavy (non-hydrogen) atoms. The molecule has 4 nitrogen and oxygen atoms in total. The summed E-state index contributed by atoms with van der Waals surface area (Å²) in [6.45, 7) is 2.74. The van der Waals surface area contributed by atoms with Crippen LogP contribution in [0.25, 0.3) is 0 Å². The highest BCUT2D eigenvalue weighted by Gasteiger charge is 2.17. The second-order valence-corrected chi connectivity index (χ2v) is 4.70. The predicted octanol–water partition coefficient (Wildman–Crippen LogP) is 0.786. The molecule has 0 aromatic carbocycles. The number of fused-ring (bicyclic) bond motifs is 1. The number of nitrogens with zero attached hydrogens (tertiary/aromatic N) is 1.